The Labute approximate surface area is 55.7 Å². The Morgan fingerprint density at radius 2 is 2.33 bits per heavy atom. The van der Waals surface area contributed by atoms with Gasteiger partial charge in [0, 0.05) is 6.42 Å². The summed E-state index contributed by atoms with van der Waals surface area (Å²) in [6.45, 7) is 0. The highest BCUT2D eigenvalue weighted by molar-refractivity contribution is 5.09. The number of rotatable bonds is 1. The van der Waals surface area contributed by atoms with Crippen molar-refractivity contribution in [2.45, 2.75) is 32.1 Å². The number of hydrogen-bond acceptors (Lipinski definition) is 1. The molecular formula is C8H11N. The number of nitrogens with zero attached hydrogens (tertiary/aromatic N) is 1. The molecule has 0 aromatic rings. The molecule has 2 aliphatic carbocycles. The highest BCUT2D eigenvalue weighted by Gasteiger charge is 2.56. The van der Waals surface area contributed by atoms with Crippen molar-refractivity contribution in [3.8, 4) is 6.07 Å². The molecule has 0 saturated heterocycles. The molecule has 2 saturated carbocycles. The van der Waals surface area contributed by atoms with Crippen molar-refractivity contribution < 1.29 is 0 Å². The quantitative estimate of drug-likeness (QED) is 0.521. The molecule has 2 rings (SSSR count). The summed E-state index contributed by atoms with van der Waals surface area (Å²) in [6, 6.07) is 2.25. The van der Waals surface area contributed by atoms with Gasteiger partial charge in [-0.05, 0) is 30.6 Å². The van der Waals surface area contributed by atoms with Gasteiger partial charge in [0.05, 0.1) is 6.07 Å². The summed E-state index contributed by atoms with van der Waals surface area (Å²) in [7, 11) is 0. The Bertz CT molecular complexity index is 162. The van der Waals surface area contributed by atoms with Crippen LogP contribution in [0.1, 0.15) is 32.1 Å². The van der Waals surface area contributed by atoms with Crippen LogP contribution in [0.2, 0.25) is 0 Å². The average Bonchev–Trinajstić information content (AvgIpc) is 2.41. The first kappa shape index (κ1) is 5.29. The van der Waals surface area contributed by atoms with Crippen molar-refractivity contribution in [1.29, 1.82) is 5.26 Å². The van der Waals surface area contributed by atoms with Gasteiger partial charge in [-0.2, -0.15) is 5.26 Å². The van der Waals surface area contributed by atoms with E-state index in [2.05, 4.69) is 6.07 Å². The smallest absolute Gasteiger partial charge is 0.0624 e. The molecular weight excluding hydrogens is 110 g/mol. The summed E-state index contributed by atoms with van der Waals surface area (Å²) in [5, 5.41) is 8.38. The molecule has 0 bridgehead atoms. The van der Waals surface area contributed by atoms with Crippen LogP contribution in [-0.4, -0.2) is 0 Å². The van der Waals surface area contributed by atoms with Crippen molar-refractivity contribution in [3.63, 3.8) is 0 Å². The zero-order valence-electron chi connectivity index (χ0n) is 5.56. The molecule has 2 aliphatic rings. The van der Waals surface area contributed by atoms with Crippen LogP contribution in [-0.2, 0) is 0 Å². The van der Waals surface area contributed by atoms with Crippen LogP contribution in [0.25, 0.3) is 0 Å². The van der Waals surface area contributed by atoms with Gasteiger partial charge in [0.2, 0.25) is 0 Å². The van der Waals surface area contributed by atoms with E-state index in [1.807, 2.05) is 0 Å². The fraction of sp³-hybridized carbons (Fsp3) is 0.875. The van der Waals surface area contributed by atoms with E-state index in [-0.39, 0.29) is 0 Å². The lowest BCUT2D eigenvalue weighted by molar-refractivity contribution is 0.259. The predicted octanol–water partition coefficient (Wildman–Crippen LogP) is 2.09. The van der Waals surface area contributed by atoms with Crippen LogP contribution in [0.3, 0.4) is 0 Å². The van der Waals surface area contributed by atoms with Crippen LogP contribution in [0, 0.1) is 22.7 Å². The minimum Gasteiger partial charge on any atom is -0.198 e. The van der Waals surface area contributed by atoms with E-state index in [0.717, 1.165) is 17.8 Å². The number of nitriles is 1. The van der Waals surface area contributed by atoms with Crippen LogP contribution in [0.5, 0.6) is 0 Å². The Kier molecular flexibility index (Phi) is 0.883. The van der Waals surface area contributed by atoms with E-state index < -0.39 is 0 Å². The van der Waals surface area contributed by atoms with Crippen molar-refractivity contribution >= 4 is 0 Å². The second kappa shape index (κ2) is 1.50. The SMILES string of the molecule is N#CCC1CC12CCC2. The fourth-order valence-electron chi connectivity index (χ4n) is 2.07. The Hall–Kier alpha value is -0.510. The van der Waals surface area contributed by atoms with Crippen LogP contribution >= 0.6 is 0 Å². The molecule has 0 heterocycles. The minimum atomic E-state index is 0.718. The van der Waals surface area contributed by atoms with Crippen molar-refractivity contribution in [2.24, 2.45) is 11.3 Å². The molecule has 1 atom stereocenters. The molecule has 0 aliphatic heterocycles. The molecule has 1 unspecified atom stereocenters. The molecule has 1 nitrogen and oxygen atoms in total. The maximum Gasteiger partial charge on any atom is 0.0624 e. The summed E-state index contributed by atoms with van der Waals surface area (Å²) in [4.78, 5) is 0. The van der Waals surface area contributed by atoms with Crippen molar-refractivity contribution in [1.82, 2.24) is 0 Å². The first-order valence-corrected chi connectivity index (χ1v) is 3.74. The summed E-state index contributed by atoms with van der Waals surface area (Å²) >= 11 is 0. The number of hydrogen-bond donors (Lipinski definition) is 0. The Morgan fingerprint density at radius 1 is 1.56 bits per heavy atom. The van der Waals surface area contributed by atoms with Gasteiger partial charge in [-0.25, -0.2) is 0 Å². The van der Waals surface area contributed by atoms with Crippen LogP contribution < -0.4 is 0 Å². The normalized spacial score (nSPS) is 35.2. The predicted molar refractivity (Wildman–Crippen MR) is 34.6 cm³/mol. The van der Waals surface area contributed by atoms with Gasteiger partial charge in [0.1, 0.15) is 0 Å². The van der Waals surface area contributed by atoms with E-state index in [0.29, 0.717) is 0 Å². The first-order chi connectivity index (χ1) is 4.37. The fourth-order valence-corrected chi connectivity index (χ4v) is 2.07. The molecule has 0 amide bonds. The summed E-state index contributed by atoms with van der Waals surface area (Å²) in [5.74, 6) is 0.802. The van der Waals surface area contributed by atoms with Crippen LogP contribution in [0.4, 0.5) is 0 Å². The molecule has 48 valence electrons. The standard InChI is InChI=1S/C8H11N/c9-5-2-7-6-8(7)3-1-4-8/h7H,1-4,6H2. The monoisotopic (exact) mass is 121 g/mol. The van der Waals surface area contributed by atoms with Gasteiger partial charge in [-0.3, -0.25) is 0 Å². The van der Waals surface area contributed by atoms with Gasteiger partial charge < -0.3 is 0 Å². The van der Waals surface area contributed by atoms with Crippen molar-refractivity contribution in [2.75, 3.05) is 0 Å². The lowest BCUT2D eigenvalue weighted by Crippen LogP contribution is -2.14. The lowest BCUT2D eigenvalue weighted by Gasteiger charge is -2.26. The highest BCUT2D eigenvalue weighted by Crippen LogP contribution is 2.66. The van der Waals surface area contributed by atoms with Gasteiger partial charge >= 0.3 is 0 Å². The minimum absolute atomic E-state index is 0.718. The zero-order valence-corrected chi connectivity index (χ0v) is 5.56. The zero-order chi connectivity index (χ0) is 6.32. The van der Waals surface area contributed by atoms with E-state index in [4.69, 9.17) is 5.26 Å². The van der Waals surface area contributed by atoms with Crippen LogP contribution in [0.15, 0.2) is 0 Å². The Balaban J connectivity index is 1.89. The second-order valence-electron chi connectivity index (χ2n) is 3.48. The summed E-state index contributed by atoms with van der Waals surface area (Å²) in [5.41, 5.74) is 0.718. The average molecular weight is 121 g/mol. The van der Waals surface area contributed by atoms with Gasteiger partial charge in [-0.1, -0.05) is 6.42 Å². The Morgan fingerprint density at radius 3 is 2.67 bits per heavy atom. The third-order valence-electron chi connectivity index (χ3n) is 3.05. The molecule has 1 spiro atoms. The molecule has 2 fully saturated rings. The molecule has 0 radical (unpaired) electrons. The maximum atomic E-state index is 8.38. The molecule has 9 heavy (non-hydrogen) atoms. The molecule has 1 heteroatoms. The molecule has 0 N–H and O–H groups in total. The topological polar surface area (TPSA) is 23.8 Å². The van der Waals surface area contributed by atoms with E-state index >= 15 is 0 Å². The largest absolute Gasteiger partial charge is 0.198 e. The van der Waals surface area contributed by atoms with Gasteiger partial charge in [0.25, 0.3) is 0 Å². The van der Waals surface area contributed by atoms with E-state index in [9.17, 15) is 0 Å². The summed E-state index contributed by atoms with van der Waals surface area (Å²) in [6.07, 6.45) is 6.43. The van der Waals surface area contributed by atoms with Gasteiger partial charge in [-0.15, -0.1) is 0 Å². The third kappa shape index (κ3) is 0.594. The second-order valence-corrected chi connectivity index (χ2v) is 3.48. The third-order valence-corrected chi connectivity index (χ3v) is 3.05. The molecule has 0 aromatic carbocycles. The van der Waals surface area contributed by atoms with Crippen molar-refractivity contribution in [3.05, 3.63) is 0 Å². The van der Waals surface area contributed by atoms with E-state index in [1.165, 1.54) is 25.7 Å². The maximum absolute atomic E-state index is 8.38. The molecule has 0 aromatic heterocycles. The highest BCUT2D eigenvalue weighted by atomic mass is 14.6. The first-order valence-electron chi connectivity index (χ1n) is 3.74. The lowest BCUT2D eigenvalue weighted by atomic mass is 9.79. The van der Waals surface area contributed by atoms with E-state index in [1.54, 1.807) is 0 Å². The summed E-state index contributed by atoms with van der Waals surface area (Å²) < 4.78 is 0. The van der Waals surface area contributed by atoms with Gasteiger partial charge in [0.15, 0.2) is 0 Å².